The molecule has 0 atom stereocenters. The molecule has 0 bridgehead atoms. The van der Waals surface area contributed by atoms with Crippen molar-refractivity contribution in [3.8, 4) is 0 Å². The molecule has 0 spiro atoms. The van der Waals surface area contributed by atoms with Crippen LogP contribution in [0.25, 0.3) is 0 Å². The largest absolute Gasteiger partial charge is 0.465 e. The van der Waals surface area contributed by atoms with Gasteiger partial charge in [0.15, 0.2) is 0 Å². The van der Waals surface area contributed by atoms with Crippen LogP contribution in [0.5, 0.6) is 0 Å². The Morgan fingerprint density at radius 1 is 0.879 bits per heavy atom. The molecule has 180 valence electrons. The van der Waals surface area contributed by atoms with E-state index in [2.05, 4.69) is 14.8 Å². The fourth-order valence-electron chi connectivity index (χ4n) is 2.21. The van der Waals surface area contributed by atoms with Crippen LogP contribution in [-0.4, -0.2) is 37.9 Å². The summed E-state index contributed by atoms with van der Waals surface area (Å²) in [7, 11) is 2.24. The van der Waals surface area contributed by atoms with Crippen molar-refractivity contribution in [1.82, 2.24) is 0 Å². The molecule has 0 aliphatic rings. The Bertz CT molecular complexity index is 1060. The van der Waals surface area contributed by atoms with Crippen molar-refractivity contribution in [3.05, 3.63) is 57.1 Å². The molecule has 2 rings (SSSR count). The number of methoxy groups -OCH3 is 2. The van der Waals surface area contributed by atoms with Crippen LogP contribution in [0.2, 0.25) is 10.0 Å². The smallest absolute Gasteiger partial charge is 0.412 e. The molecular formula is C21H22Cl2F2N2O6. The maximum absolute atomic E-state index is 13.5. The first-order chi connectivity index (χ1) is 15.2. The minimum Gasteiger partial charge on any atom is -0.465 e. The van der Waals surface area contributed by atoms with Crippen LogP contribution in [0.3, 0.4) is 0 Å². The minimum atomic E-state index is -0.930. The van der Waals surface area contributed by atoms with Gasteiger partial charge >= 0.3 is 18.0 Å². The number of carbonyl (C=O) groups is 3. The molecule has 1 amide bonds. The minimum absolute atomic E-state index is 0.0581. The predicted molar refractivity (Wildman–Crippen MR) is 120 cm³/mol. The van der Waals surface area contributed by atoms with Gasteiger partial charge in [-0.3, -0.25) is 5.32 Å². The number of nitrogens with two attached hydrogens (primary N) is 1. The van der Waals surface area contributed by atoms with Gasteiger partial charge in [-0.15, -0.1) is 0 Å². The van der Waals surface area contributed by atoms with E-state index in [4.69, 9.17) is 33.7 Å². The molecule has 0 aliphatic carbocycles. The zero-order chi connectivity index (χ0) is 25.5. The summed E-state index contributed by atoms with van der Waals surface area (Å²) in [5, 5.41) is 1.98. The maximum atomic E-state index is 13.5. The monoisotopic (exact) mass is 506 g/mol. The number of halogens is 4. The van der Waals surface area contributed by atoms with E-state index in [0.29, 0.717) is 0 Å². The summed E-state index contributed by atoms with van der Waals surface area (Å²) in [6, 6.07) is 4.58. The van der Waals surface area contributed by atoms with Crippen LogP contribution < -0.4 is 11.1 Å². The van der Waals surface area contributed by atoms with Crippen molar-refractivity contribution in [2.24, 2.45) is 0 Å². The van der Waals surface area contributed by atoms with Crippen molar-refractivity contribution in [2.75, 3.05) is 25.3 Å². The highest BCUT2D eigenvalue weighted by atomic mass is 35.5. The van der Waals surface area contributed by atoms with E-state index in [1.54, 1.807) is 20.8 Å². The van der Waals surface area contributed by atoms with Gasteiger partial charge < -0.3 is 19.9 Å². The number of hydrogen-bond acceptors (Lipinski definition) is 7. The number of nitrogen functional groups attached to an aromatic ring is 1. The molecule has 0 saturated heterocycles. The van der Waals surface area contributed by atoms with Gasteiger partial charge in [-0.05, 0) is 45.0 Å². The second-order valence-electron chi connectivity index (χ2n) is 7.22. The Morgan fingerprint density at radius 2 is 1.33 bits per heavy atom. The molecule has 0 aromatic heterocycles. The molecule has 2 aromatic rings. The summed E-state index contributed by atoms with van der Waals surface area (Å²) < 4.78 is 40.4. The lowest BCUT2D eigenvalue weighted by Gasteiger charge is -2.20. The van der Waals surface area contributed by atoms with Crippen molar-refractivity contribution in [3.63, 3.8) is 0 Å². The topological polar surface area (TPSA) is 117 Å². The molecule has 12 heteroatoms. The van der Waals surface area contributed by atoms with Gasteiger partial charge in [0.2, 0.25) is 0 Å². The van der Waals surface area contributed by atoms with E-state index in [1.807, 2.05) is 0 Å². The second kappa shape index (κ2) is 11.7. The number of nitrogens with one attached hydrogen (secondary N) is 1. The quantitative estimate of drug-likeness (QED) is 0.322. The summed E-state index contributed by atoms with van der Waals surface area (Å²) in [6.07, 6.45) is -0.762. The number of esters is 2. The Morgan fingerprint density at radius 3 is 1.79 bits per heavy atom. The lowest BCUT2D eigenvalue weighted by Crippen LogP contribution is -2.27. The number of ether oxygens (including phenoxy) is 3. The van der Waals surface area contributed by atoms with Gasteiger partial charge in [0.05, 0.1) is 35.6 Å². The van der Waals surface area contributed by atoms with Gasteiger partial charge in [0.1, 0.15) is 28.4 Å². The third-order valence-electron chi connectivity index (χ3n) is 3.63. The van der Waals surface area contributed by atoms with Crippen molar-refractivity contribution >= 4 is 52.6 Å². The van der Waals surface area contributed by atoms with E-state index in [1.165, 1.54) is 12.1 Å². The summed E-state index contributed by atoms with van der Waals surface area (Å²) in [4.78, 5) is 34.1. The molecule has 0 fully saturated rings. The predicted octanol–water partition coefficient (Wildman–Crippen LogP) is 5.46. The fraction of sp³-hybridized carbons (Fsp3) is 0.286. The van der Waals surface area contributed by atoms with E-state index < -0.39 is 40.8 Å². The molecule has 0 aliphatic heterocycles. The molecule has 8 nitrogen and oxygen atoms in total. The summed E-state index contributed by atoms with van der Waals surface area (Å²) in [6.45, 7) is 5.08. The van der Waals surface area contributed by atoms with Gasteiger partial charge in [-0.2, -0.15) is 0 Å². The normalized spacial score (nSPS) is 10.5. The summed E-state index contributed by atoms with van der Waals surface area (Å²) in [5.41, 5.74) is 4.11. The van der Waals surface area contributed by atoms with E-state index >= 15 is 0 Å². The standard InChI is InChI=1S/C13H15ClFNO4.C8H7ClFNO2/c1-13(2,3)20-12(18)16-8-6-5-7(15)9(10(8)14)11(17)19-4;1-13-8(12)6-4(10)2-3-5(11)7(6)9/h5-6H,1-4H3,(H,16,18);2-3H,11H2,1H3. The van der Waals surface area contributed by atoms with E-state index in [0.717, 1.165) is 26.4 Å². The molecule has 2 aromatic carbocycles. The maximum Gasteiger partial charge on any atom is 0.412 e. The SMILES string of the molecule is COC(=O)c1c(F)ccc(N)c1Cl.COC(=O)c1c(F)ccc(NC(=O)OC(C)(C)C)c1Cl. The highest BCUT2D eigenvalue weighted by molar-refractivity contribution is 6.36. The number of anilines is 2. The zero-order valence-electron chi connectivity index (χ0n) is 18.3. The third kappa shape index (κ3) is 7.76. The Kier molecular flexibility index (Phi) is 9.87. The van der Waals surface area contributed by atoms with Crippen LogP contribution in [0, 0.1) is 11.6 Å². The first-order valence-corrected chi connectivity index (χ1v) is 9.87. The summed E-state index contributed by atoms with van der Waals surface area (Å²) >= 11 is 11.5. The molecule has 33 heavy (non-hydrogen) atoms. The Balaban J connectivity index is 0.000000361. The van der Waals surface area contributed by atoms with E-state index in [9.17, 15) is 23.2 Å². The van der Waals surface area contributed by atoms with Crippen LogP contribution >= 0.6 is 23.2 Å². The first-order valence-electron chi connectivity index (χ1n) is 9.11. The number of amides is 1. The van der Waals surface area contributed by atoms with Crippen LogP contribution in [0.4, 0.5) is 25.0 Å². The zero-order valence-corrected chi connectivity index (χ0v) is 19.9. The first kappa shape index (κ1) is 27.9. The van der Waals surface area contributed by atoms with Gasteiger partial charge in [0, 0.05) is 0 Å². The van der Waals surface area contributed by atoms with Gasteiger partial charge in [0.25, 0.3) is 0 Å². The van der Waals surface area contributed by atoms with Crippen LogP contribution in [0.1, 0.15) is 41.5 Å². The van der Waals surface area contributed by atoms with Crippen LogP contribution in [-0.2, 0) is 14.2 Å². The average Bonchev–Trinajstić information content (AvgIpc) is 2.72. The molecular weight excluding hydrogens is 485 g/mol. The number of carbonyl (C=O) groups excluding carboxylic acids is 3. The molecule has 0 heterocycles. The number of rotatable bonds is 3. The van der Waals surface area contributed by atoms with Crippen molar-refractivity contribution in [1.29, 1.82) is 0 Å². The van der Waals surface area contributed by atoms with Crippen molar-refractivity contribution < 1.29 is 37.4 Å². The lowest BCUT2D eigenvalue weighted by molar-refractivity contribution is 0.0586. The molecule has 3 N–H and O–H groups in total. The number of benzene rings is 2. The average molecular weight is 507 g/mol. The second-order valence-corrected chi connectivity index (χ2v) is 7.98. The Labute approximate surface area is 198 Å². The molecule has 0 radical (unpaired) electrons. The number of hydrogen-bond donors (Lipinski definition) is 2. The van der Waals surface area contributed by atoms with Crippen LogP contribution in [0.15, 0.2) is 24.3 Å². The summed E-state index contributed by atoms with van der Waals surface area (Å²) in [5.74, 6) is -3.35. The highest BCUT2D eigenvalue weighted by Gasteiger charge is 2.22. The third-order valence-corrected chi connectivity index (χ3v) is 4.43. The van der Waals surface area contributed by atoms with Gasteiger partial charge in [-0.25, -0.2) is 23.2 Å². The van der Waals surface area contributed by atoms with Gasteiger partial charge in [-0.1, -0.05) is 23.2 Å². The van der Waals surface area contributed by atoms with Crippen molar-refractivity contribution in [2.45, 2.75) is 26.4 Å². The Hall–Kier alpha value is -3.11. The lowest BCUT2D eigenvalue weighted by atomic mass is 10.2. The molecule has 0 saturated carbocycles. The highest BCUT2D eigenvalue weighted by Crippen LogP contribution is 2.29. The molecule has 0 unspecified atom stereocenters. The van der Waals surface area contributed by atoms with E-state index in [-0.39, 0.29) is 27.0 Å². The fourth-order valence-corrected chi connectivity index (χ4v) is 2.72.